The van der Waals surface area contributed by atoms with E-state index < -0.39 is 6.10 Å². The molecule has 140 valence electrons. The molecule has 0 saturated carbocycles. The maximum absolute atomic E-state index is 12.3. The van der Waals surface area contributed by atoms with E-state index in [1.165, 1.54) is 5.69 Å². The molecule has 0 bridgehead atoms. The van der Waals surface area contributed by atoms with E-state index in [4.69, 9.17) is 4.74 Å². The summed E-state index contributed by atoms with van der Waals surface area (Å²) in [6, 6.07) is 24.1. The van der Waals surface area contributed by atoms with Crippen LogP contribution in [0.2, 0.25) is 0 Å². The second-order valence-electron chi connectivity index (χ2n) is 6.64. The number of amides is 1. The lowest BCUT2D eigenvalue weighted by Crippen LogP contribution is -2.37. The predicted molar refractivity (Wildman–Crippen MR) is 111 cm³/mol. The van der Waals surface area contributed by atoms with Crippen LogP contribution in [-0.4, -0.2) is 32.1 Å². The first-order valence-corrected chi connectivity index (χ1v) is 9.33. The average Bonchev–Trinajstić information content (AvgIpc) is 2.71. The SMILES string of the molecule is C[C@@H](Oc1cccc2ccccc12)C(=O)NCCCN(C)c1ccccc1. The molecule has 0 saturated heterocycles. The Labute approximate surface area is 160 Å². The van der Waals surface area contributed by atoms with Crippen molar-refractivity contribution in [3.05, 3.63) is 72.8 Å². The normalized spacial score (nSPS) is 11.8. The van der Waals surface area contributed by atoms with Gasteiger partial charge in [0.25, 0.3) is 5.91 Å². The van der Waals surface area contributed by atoms with Gasteiger partial charge in [-0.3, -0.25) is 4.79 Å². The Hall–Kier alpha value is -3.01. The molecule has 1 amide bonds. The third-order valence-corrected chi connectivity index (χ3v) is 4.59. The number of carbonyl (C=O) groups is 1. The Kier molecular flexibility index (Phi) is 6.31. The molecule has 0 aliphatic heterocycles. The Balaban J connectivity index is 1.46. The fraction of sp³-hybridized carbons (Fsp3) is 0.261. The fourth-order valence-electron chi connectivity index (χ4n) is 3.03. The van der Waals surface area contributed by atoms with Crippen LogP contribution in [0.25, 0.3) is 10.8 Å². The topological polar surface area (TPSA) is 41.6 Å². The molecule has 0 aromatic heterocycles. The summed E-state index contributed by atoms with van der Waals surface area (Å²) < 4.78 is 5.91. The van der Waals surface area contributed by atoms with Crippen molar-refractivity contribution in [2.75, 3.05) is 25.0 Å². The van der Waals surface area contributed by atoms with Gasteiger partial charge in [0, 0.05) is 31.2 Å². The van der Waals surface area contributed by atoms with Crippen LogP contribution < -0.4 is 15.0 Å². The van der Waals surface area contributed by atoms with Gasteiger partial charge in [0.05, 0.1) is 0 Å². The summed E-state index contributed by atoms with van der Waals surface area (Å²) in [6.45, 7) is 3.29. The quantitative estimate of drug-likeness (QED) is 0.609. The molecule has 4 nitrogen and oxygen atoms in total. The van der Waals surface area contributed by atoms with Gasteiger partial charge in [0.1, 0.15) is 5.75 Å². The summed E-state index contributed by atoms with van der Waals surface area (Å²) in [7, 11) is 2.06. The van der Waals surface area contributed by atoms with E-state index in [9.17, 15) is 4.79 Å². The van der Waals surface area contributed by atoms with Crippen LogP contribution in [-0.2, 0) is 4.79 Å². The summed E-state index contributed by atoms with van der Waals surface area (Å²) >= 11 is 0. The highest BCUT2D eigenvalue weighted by Crippen LogP contribution is 2.26. The van der Waals surface area contributed by atoms with Crippen molar-refractivity contribution < 1.29 is 9.53 Å². The first-order chi connectivity index (χ1) is 13.1. The lowest BCUT2D eigenvalue weighted by atomic mass is 10.1. The number of anilines is 1. The predicted octanol–water partition coefficient (Wildman–Crippen LogP) is 4.25. The molecule has 1 N–H and O–H groups in total. The molecule has 1 atom stereocenters. The fourth-order valence-corrected chi connectivity index (χ4v) is 3.03. The van der Waals surface area contributed by atoms with Crippen LogP contribution in [0.15, 0.2) is 72.8 Å². The first-order valence-electron chi connectivity index (χ1n) is 9.33. The number of nitrogens with zero attached hydrogens (tertiary/aromatic N) is 1. The molecule has 0 aliphatic carbocycles. The van der Waals surface area contributed by atoms with Crippen LogP contribution in [0, 0.1) is 0 Å². The zero-order chi connectivity index (χ0) is 19.1. The molecule has 0 heterocycles. The van der Waals surface area contributed by atoms with Crippen LogP contribution in [0.1, 0.15) is 13.3 Å². The van der Waals surface area contributed by atoms with Gasteiger partial charge in [-0.1, -0.05) is 54.6 Å². The number of hydrogen-bond donors (Lipinski definition) is 1. The van der Waals surface area contributed by atoms with Gasteiger partial charge in [-0.2, -0.15) is 0 Å². The van der Waals surface area contributed by atoms with Crippen molar-refractivity contribution in [1.29, 1.82) is 0 Å². The zero-order valence-corrected chi connectivity index (χ0v) is 15.9. The number of nitrogens with one attached hydrogen (secondary N) is 1. The molecule has 0 radical (unpaired) electrons. The third-order valence-electron chi connectivity index (χ3n) is 4.59. The van der Waals surface area contributed by atoms with Gasteiger partial charge >= 0.3 is 0 Å². The molecule has 0 spiro atoms. The number of fused-ring (bicyclic) bond motifs is 1. The lowest BCUT2D eigenvalue weighted by Gasteiger charge is -2.20. The second-order valence-corrected chi connectivity index (χ2v) is 6.64. The summed E-state index contributed by atoms with van der Waals surface area (Å²) in [4.78, 5) is 14.5. The van der Waals surface area contributed by atoms with Crippen LogP contribution in [0.4, 0.5) is 5.69 Å². The Bertz CT molecular complexity index is 874. The molecule has 3 aromatic carbocycles. The van der Waals surface area contributed by atoms with Crippen molar-refractivity contribution in [3.63, 3.8) is 0 Å². The summed E-state index contributed by atoms with van der Waals surface area (Å²) in [6.07, 6.45) is 0.334. The number of rotatable bonds is 8. The largest absolute Gasteiger partial charge is 0.480 e. The average molecular weight is 362 g/mol. The standard InChI is InChI=1S/C23H26N2O2/c1-18(27-22-15-8-11-19-10-6-7-14-21(19)22)23(26)24-16-9-17-25(2)20-12-4-3-5-13-20/h3-8,10-15,18H,9,16-17H2,1-2H3,(H,24,26)/t18-/m1/s1. The van der Waals surface area contributed by atoms with E-state index in [1.807, 2.05) is 60.7 Å². The minimum atomic E-state index is -0.539. The van der Waals surface area contributed by atoms with Crippen LogP contribution in [0.5, 0.6) is 5.75 Å². The van der Waals surface area contributed by atoms with Gasteiger partial charge < -0.3 is 15.0 Å². The maximum Gasteiger partial charge on any atom is 0.260 e. The van der Waals surface area contributed by atoms with E-state index in [0.29, 0.717) is 6.54 Å². The number of hydrogen-bond acceptors (Lipinski definition) is 3. The molecule has 3 aromatic rings. The van der Waals surface area contributed by atoms with E-state index in [-0.39, 0.29) is 5.91 Å². The van der Waals surface area contributed by atoms with Crippen LogP contribution in [0.3, 0.4) is 0 Å². The number of carbonyl (C=O) groups excluding carboxylic acids is 1. The summed E-state index contributed by atoms with van der Waals surface area (Å²) in [5, 5.41) is 5.09. The Morgan fingerprint density at radius 1 is 1.00 bits per heavy atom. The highest BCUT2D eigenvalue weighted by molar-refractivity contribution is 5.89. The minimum absolute atomic E-state index is 0.0923. The molecule has 0 unspecified atom stereocenters. The van der Waals surface area contributed by atoms with Gasteiger partial charge in [-0.15, -0.1) is 0 Å². The molecular weight excluding hydrogens is 336 g/mol. The van der Waals surface area contributed by atoms with Crippen molar-refractivity contribution >= 4 is 22.4 Å². The number of para-hydroxylation sites is 1. The van der Waals surface area contributed by atoms with E-state index in [1.54, 1.807) is 6.92 Å². The molecule has 4 heteroatoms. The number of ether oxygens (including phenoxy) is 1. The molecule has 3 rings (SSSR count). The third kappa shape index (κ3) is 5.00. The zero-order valence-electron chi connectivity index (χ0n) is 15.9. The second kappa shape index (κ2) is 9.08. The van der Waals surface area contributed by atoms with Gasteiger partial charge in [-0.25, -0.2) is 0 Å². The highest BCUT2D eigenvalue weighted by atomic mass is 16.5. The molecule has 0 aliphatic rings. The Morgan fingerprint density at radius 3 is 2.52 bits per heavy atom. The summed E-state index contributed by atoms with van der Waals surface area (Å²) in [5.41, 5.74) is 1.18. The van der Waals surface area contributed by atoms with E-state index >= 15 is 0 Å². The smallest absolute Gasteiger partial charge is 0.260 e. The highest BCUT2D eigenvalue weighted by Gasteiger charge is 2.15. The van der Waals surface area contributed by atoms with E-state index in [2.05, 4.69) is 29.4 Å². The molecular formula is C23H26N2O2. The molecule has 27 heavy (non-hydrogen) atoms. The first kappa shape index (κ1) is 18.8. The van der Waals surface area contributed by atoms with Gasteiger partial charge in [0.2, 0.25) is 0 Å². The lowest BCUT2D eigenvalue weighted by molar-refractivity contribution is -0.127. The van der Waals surface area contributed by atoms with Gasteiger partial charge in [0.15, 0.2) is 6.10 Å². The van der Waals surface area contributed by atoms with E-state index in [0.717, 1.165) is 29.5 Å². The minimum Gasteiger partial charge on any atom is -0.480 e. The van der Waals surface area contributed by atoms with Gasteiger partial charge in [-0.05, 0) is 36.9 Å². The van der Waals surface area contributed by atoms with Crippen molar-refractivity contribution in [3.8, 4) is 5.75 Å². The number of benzene rings is 3. The summed E-state index contributed by atoms with van der Waals surface area (Å²) in [5.74, 6) is 0.643. The Morgan fingerprint density at radius 2 is 1.70 bits per heavy atom. The van der Waals surface area contributed by atoms with Crippen molar-refractivity contribution in [1.82, 2.24) is 5.32 Å². The molecule has 0 fully saturated rings. The van der Waals surface area contributed by atoms with Crippen molar-refractivity contribution in [2.45, 2.75) is 19.4 Å². The van der Waals surface area contributed by atoms with Crippen molar-refractivity contribution in [2.24, 2.45) is 0 Å². The monoisotopic (exact) mass is 362 g/mol. The van der Waals surface area contributed by atoms with Crippen LogP contribution >= 0.6 is 0 Å². The maximum atomic E-state index is 12.3.